The molecule has 1 heterocycles. The summed E-state index contributed by atoms with van der Waals surface area (Å²) in [5, 5.41) is 2.74. The molecule has 0 saturated heterocycles. The molecule has 21 heavy (non-hydrogen) atoms. The number of para-hydroxylation sites is 1. The number of fused-ring (bicyclic) bond motifs is 1. The minimum absolute atomic E-state index is 0.106. The van der Waals surface area contributed by atoms with Gasteiger partial charge in [0.2, 0.25) is 6.79 Å². The minimum Gasteiger partial charge on any atom is -0.454 e. The molecular formula is C15H11BrFNO3. The van der Waals surface area contributed by atoms with Crippen LogP contribution < -0.4 is 14.8 Å². The van der Waals surface area contributed by atoms with Crippen LogP contribution in [0.2, 0.25) is 0 Å². The predicted molar refractivity (Wildman–Crippen MR) is 77.8 cm³/mol. The number of nitrogens with one attached hydrogen (secondary N) is 1. The van der Waals surface area contributed by atoms with E-state index < -0.39 is 0 Å². The average Bonchev–Trinajstić information content (AvgIpc) is 2.96. The van der Waals surface area contributed by atoms with Crippen LogP contribution in [-0.2, 0) is 6.54 Å². The lowest BCUT2D eigenvalue weighted by Crippen LogP contribution is -2.23. The van der Waals surface area contributed by atoms with Gasteiger partial charge in [0.05, 0.1) is 5.56 Å². The van der Waals surface area contributed by atoms with Gasteiger partial charge < -0.3 is 14.8 Å². The molecule has 1 aliphatic heterocycles. The molecule has 6 heteroatoms. The number of benzene rings is 2. The van der Waals surface area contributed by atoms with Crippen molar-refractivity contribution in [1.82, 2.24) is 5.32 Å². The summed E-state index contributed by atoms with van der Waals surface area (Å²) in [6.07, 6.45) is 0. The van der Waals surface area contributed by atoms with Crippen LogP contribution in [-0.4, -0.2) is 12.7 Å². The van der Waals surface area contributed by atoms with Crippen molar-refractivity contribution in [1.29, 1.82) is 0 Å². The Morgan fingerprint density at radius 3 is 3.00 bits per heavy atom. The molecule has 0 spiro atoms. The highest BCUT2D eigenvalue weighted by molar-refractivity contribution is 9.10. The fourth-order valence-corrected chi connectivity index (χ4v) is 2.45. The summed E-state index contributed by atoms with van der Waals surface area (Å²) in [5.74, 6) is 0.344. The van der Waals surface area contributed by atoms with Crippen molar-refractivity contribution in [3.63, 3.8) is 0 Å². The number of carbonyl (C=O) groups is 1. The largest absolute Gasteiger partial charge is 0.454 e. The predicted octanol–water partition coefficient (Wildman–Crippen LogP) is 3.25. The second kappa shape index (κ2) is 5.73. The van der Waals surface area contributed by atoms with Crippen molar-refractivity contribution in [2.75, 3.05) is 6.79 Å². The normalized spacial score (nSPS) is 12.3. The van der Waals surface area contributed by atoms with E-state index in [1.54, 1.807) is 24.3 Å². The number of hydrogen-bond donors (Lipinski definition) is 1. The number of ether oxygens (including phenoxy) is 2. The third-order valence-electron chi connectivity index (χ3n) is 3.09. The van der Waals surface area contributed by atoms with Crippen LogP contribution in [0.3, 0.4) is 0 Å². The monoisotopic (exact) mass is 351 g/mol. The Morgan fingerprint density at radius 2 is 2.14 bits per heavy atom. The van der Waals surface area contributed by atoms with E-state index in [-0.39, 0.29) is 25.1 Å². The van der Waals surface area contributed by atoms with Crippen LogP contribution in [0.1, 0.15) is 15.9 Å². The first-order valence-corrected chi connectivity index (χ1v) is 7.05. The van der Waals surface area contributed by atoms with Gasteiger partial charge in [-0.2, -0.15) is 0 Å². The van der Waals surface area contributed by atoms with E-state index in [9.17, 15) is 9.18 Å². The maximum absolute atomic E-state index is 13.2. The van der Waals surface area contributed by atoms with Gasteiger partial charge >= 0.3 is 0 Å². The highest BCUT2D eigenvalue weighted by atomic mass is 79.9. The van der Waals surface area contributed by atoms with E-state index >= 15 is 0 Å². The van der Waals surface area contributed by atoms with Crippen molar-refractivity contribution in [2.45, 2.75) is 6.54 Å². The lowest BCUT2D eigenvalue weighted by molar-refractivity contribution is 0.0946. The zero-order chi connectivity index (χ0) is 14.8. The maximum atomic E-state index is 13.2. The fraction of sp³-hybridized carbons (Fsp3) is 0.133. The highest BCUT2D eigenvalue weighted by Gasteiger charge is 2.21. The quantitative estimate of drug-likeness (QED) is 0.923. The minimum atomic E-state index is -0.347. The molecule has 0 aromatic heterocycles. The first-order valence-electron chi connectivity index (χ1n) is 6.26. The lowest BCUT2D eigenvalue weighted by Gasteiger charge is -2.09. The Bertz CT molecular complexity index is 705. The molecular weight excluding hydrogens is 341 g/mol. The van der Waals surface area contributed by atoms with Crippen molar-refractivity contribution in [3.8, 4) is 11.5 Å². The molecule has 0 saturated carbocycles. The molecule has 0 radical (unpaired) electrons. The number of rotatable bonds is 3. The van der Waals surface area contributed by atoms with Gasteiger partial charge in [-0.25, -0.2) is 4.39 Å². The van der Waals surface area contributed by atoms with Gasteiger partial charge in [-0.05, 0) is 35.9 Å². The standard InChI is InChI=1S/C15H11BrFNO3/c16-12-5-4-10(17)6-9(12)7-18-15(19)11-2-1-3-13-14(11)21-8-20-13/h1-6H,7-8H2,(H,18,19). The van der Waals surface area contributed by atoms with E-state index in [0.29, 0.717) is 22.6 Å². The van der Waals surface area contributed by atoms with E-state index in [1.165, 1.54) is 12.1 Å². The lowest BCUT2D eigenvalue weighted by atomic mass is 10.1. The molecule has 0 aliphatic carbocycles. The van der Waals surface area contributed by atoms with Gasteiger partial charge in [0.15, 0.2) is 11.5 Å². The third kappa shape index (κ3) is 2.85. The molecule has 4 nitrogen and oxygen atoms in total. The zero-order valence-electron chi connectivity index (χ0n) is 10.9. The van der Waals surface area contributed by atoms with Crippen molar-refractivity contribution in [3.05, 3.63) is 57.8 Å². The van der Waals surface area contributed by atoms with Gasteiger partial charge in [0.25, 0.3) is 5.91 Å². The second-order valence-electron chi connectivity index (χ2n) is 4.46. The van der Waals surface area contributed by atoms with Crippen molar-refractivity contribution >= 4 is 21.8 Å². The summed E-state index contributed by atoms with van der Waals surface area (Å²) < 4.78 is 24.5. The summed E-state index contributed by atoms with van der Waals surface area (Å²) in [7, 11) is 0. The molecule has 0 bridgehead atoms. The number of amides is 1. The van der Waals surface area contributed by atoms with Crippen LogP contribution >= 0.6 is 15.9 Å². The molecule has 1 amide bonds. The van der Waals surface area contributed by atoms with Crippen molar-refractivity contribution in [2.24, 2.45) is 0 Å². The Morgan fingerprint density at radius 1 is 1.29 bits per heavy atom. The Kier molecular flexibility index (Phi) is 3.79. The molecule has 108 valence electrons. The SMILES string of the molecule is O=C(NCc1cc(F)ccc1Br)c1cccc2c1OCO2. The summed E-state index contributed by atoms with van der Waals surface area (Å²) in [6.45, 7) is 0.316. The summed E-state index contributed by atoms with van der Waals surface area (Å²) in [4.78, 5) is 12.2. The molecule has 2 aromatic carbocycles. The first-order chi connectivity index (χ1) is 10.1. The van der Waals surface area contributed by atoms with E-state index in [2.05, 4.69) is 21.2 Å². The first kappa shape index (κ1) is 13.9. The van der Waals surface area contributed by atoms with Crippen LogP contribution in [0.15, 0.2) is 40.9 Å². The van der Waals surface area contributed by atoms with E-state index in [1.807, 2.05) is 0 Å². The van der Waals surface area contributed by atoms with E-state index in [0.717, 1.165) is 4.47 Å². The molecule has 0 atom stereocenters. The molecule has 3 rings (SSSR count). The average molecular weight is 352 g/mol. The number of carbonyl (C=O) groups excluding carboxylic acids is 1. The number of halogens is 2. The van der Waals surface area contributed by atoms with Crippen LogP contribution in [0.25, 0.3) is 0 Å². The van der Waals surface area contributed by atoms with Gasteiger partial charge in [-0.1, -0.05) is 22.0 Å². The van der Waals surface area contributed by atoms with Crippen LogP contribution in [0.4, 0.5) is 4.39 Å². The van der Waals surface area contributed by atoms with Gasteiger partial charge in [0.1, 0.15) is 5.82 Å². The molecule has 1 N–H and O–H groups in total. The summed E-state index contributed by atoms with van der Waals surface area (Å²) in [5.41, 5.74) is 1.06. The van der Waals surface area contributed by atoms with Gasteiger partial charge in [-0.15, -0.1) is 0 Å². The van der Waals surface area contributed by atoms with Crippen molar-refractivity contribution < 1.29 is 18.7 Å². The smallest absolute Gasteiger partial charge is 0.255 e. The maximum Gasteiger partial charge on any atom is 0.255 e. The molecule has 1 aliphatic rings. The van der Waals surface area contributed by atoms with Gasteiger partial charge in [0, 0.05) is 11.0 Å². The highest BCUT2D eigenvalue weighted by Crippen LogP contribution is 2.35. The van der Waals surface area contributed by atoms with Gasteiger partial charge in [-0.3, -0.25) is 4.79 Å². The topological polar surface area (TPSA) is 47.6 Å². The Balaban J connectivity index is 1.76. The summed E-state index contributed by atoms with van der Waals surface area (Å²) in [6, 6.07) is 9.45. The zero-order valence-corrected chi connectivity index (χ0v) is 12.4. The van der Waals surface area contributed by atoms with E-state index in [4.69, 9.17) is 9.47 Å². The van der Waals surface area contributed by atoms with Crippen LogP contribution in [0, 0.1) is 5.82 Å². The molecule has 2 aromatic rings. The molecule has 0 fully saturated rings. The van der Waals surface area contributed by atoms with Crippen LogP contribution in [0.5, 0.6) is 11.5 Å². The third-order valence-corrected chi connectivity index (χ3v) is 3.86. The fourth-order valence-electron chi connectivity index (χ4n) is 2.06. The molecule has 0 unspecified atom stereocenters. The Labute approximate surface area is 129 Å². The second-order valence-corrected chi connectivity index (χ2v) is 5.31. The summed E-state index contributed by atoms with van der Waals surface area (Å²) >= 11 is 3.32. The Hall–Kier alpha value is -2.08. The number of hydrogen-bond acceptors (Lipinski definition) is 3.